The molecule has 116 valence electrons. The van der Waals surface area contributed by atoms with Crippen LogP contribution in [-0.2, 0) is 19.4 Å². The van der Waals surface area contributed by atoms with E-state index >= 15 is 0 Å². The van der Waals surface area contributed by atoms with Crippen molar-refractivity contribution in [1.82, 2.24) is 5.32 Å². The minimum absolute atomic E-state index is 0.0585. The summed E-state index contributed by atoms with van der Waals surface area (Å²) in [4.78, 5) is 23.3. The van der Waals surface area contributed by atoms with Gasteiger partial charge in [0.1, 0.15) is 0 Å². The number of ether oxygens (including phenoxy) is 1. The minimum Gasteiger partial charge on any atom is -0.452 e. The molecule has 1 atom stereocenters. The molecule has 1 heterocycles. The van der Waals surface area contributed by atoms with Crippen molar-refractivity contribution < 1.29 is 22.7 Å². The molecule has 1 saturated heterocycles. The van der Waals surface area contributed by atoms with Crippen molar-refractivity contribution in [2.45, 2.75) is 12.5 Å². The molecule has 1 fully saturated rings. The van der Waals surface area contributed by atoms with Gasteiger partial charge in [0.05, 0.1) is 28.7 Å². The van der Waals surface area contributed by atoms with Crippen LogP contribution in [0.5, 0.6) is 0 Å². The van der Waals surface area contributed by atoms with Crippen molar-refractivity contribution in [2.24, 2.45) is 0 Å². The molecule has 1 aromatic rings. The molecule has 0 aliphatic carbocycles. The first-order valence-corrected chi connectivity index (χ1v) is 8.39. The van der Waals surface area contributed by atoms with E-state index in [1.807, 2.05) is 6.07 Å². The fraction of sp³-hybridized carbons (Fsp3) is 0.357. The lowest BCUT2D eigenvalue weighted by Crippen LogP contribution is -2.38. The van der Waals surface area contributed by atoms with Crippen LogP contribution in [0.15, 0.2) is 24.3 Å². The van der Waals surface area contributed by atoms with E-state index in [0.717, 1.165) is 0 Å². The van der Waals surface area contributed by atoms with Gasteiger partial charge >= 0.3 is 5.97 Å². The maximum Gasteiger partial charge on any atom is 0.338 e. The number of carbonyl (C=O) groups is 2. The second kappa shape index (κ2) is 6.58. The van der Waals surface area contributed by atoms with E-state index in [9.17, 15) is 18.0 Å². The highest BCUT2D eigenvalue weighted by Crippen LogP contribution is 2.11. The van der Waals surface area contributed by atoms with Crippen LogP contribution in [0.25, 0.3) is 0 Å². The second-order valence-corrected chi connectivity index (χ2v) is 7.16. The van der Waals surface area contributed by atoms with Crippen LogP contribution >= 0.6 is 0 Å². The third-order valence-corrected chi connectivity index (χ3v) is 4.95. The summed E-state index contributed by atoms with van der Waals surface area (Å²) in [7, 11) is -3.07. The molecule has 8 heteroatoms. The van der Waals surface area contributed by atoms with Gasteiger partial charge in [0.2, 0.25) is 0 Å². The van der Waals surface area contributed by atoms with Crippen LogP contribution < -0.4 is 5.32 Å². The third-order valence-electron chi connectivity index (χ3n) is 3.18. The van der Waals surface area contributed by atoms with E-state index in [-0.39, 0.29) is 17.1 Å². The van der Waals surface area contributed by atoms with Gasteiger partial charge < -0.3 is 10.1 Å². The lowest BCUT2D eigenvalue weighted by molar-refractivity contribution is -0.124. The molecular formula is C14H14N2O5S. The van der Waals surface area contributed by atoms with Crippen LogP contribution in [-0.4, -0.2) is 44.4 Å². The molecule has 1 amide bonds. The zero-order chi connectivity index (χ0) is 16.2. The highest BCUT2D eigenvalue weighted by molar-refractivity contribution is 7.91. The van der Waals surface area contributed by atoms with Crippen molar-refractivity contribution in [3.63, 3.8) is 0 Å². The standard InChI is InChI=1S/C14H14N2O5S/c15-7-10-1-3-11(4-2-10)14(18)21-8-13(17)16-12-5-6-22(19,20)9-12/h1-4,12H,5-6,8-9H2,(H,16,17)/t12-/m0/s1. The Morgan fingerprint density at radius 3 is 2.55 bits per heavy atom. The van der Waals surface area contributed by atoms with Crippen molar-refractivity contribution in [3.05, 3.63) is 35.4 Å². The number of hydrogen-bond acceptors (Lipinski definition) is 6. The number of benzene rings is 1. The molecular weight excluding hydrogens is 308 g/mol. The van der Waals surface area contributed by atoms with Crippen LogP contribution in [0, 0.1) is 11.3 Å². The molecule has 1 N–H and O–H groups in total. The van der Waals surface area contributed by atoms with Gasteiger partial charge in [0, 0.05) is 6.04 Å². The predicted octanol–water partition coefficient (Wildman–Crippen LogP) is 0.0184. The highest BCUT2D eigenvalue weighted by atomic mass is 32.2. The number of rotatable bonds is 4. The maximum atomic E-state index is 11.7. The van der Waals surface area contributed by atoms with Crippen molar-refractivity contribution in [1.29, 1.82) is 5.26 Å². The van der Waals surface area contributed by atoms with Crippen LogP contribution in [0.4, 0.5) is 0 Å². The van der Waals surface area contributed by atoms with E-state index in [0.29, 0.717) is 12.0 Å². The van der Waals surface area contributed by atoms with Gasteiger partial charge in [-0.25, -0.2) is 13.2 Å². The lowest BCUT2D eigenvalue weighted by atomic mass is 10.1. The minimum atomic E-state index is -3.07. The van der Waals surface area contributed by atoms with Gasteiger partial charge in [0.25, 0.3) is 5.91 Å². The number of sulfone groups is 1. The summed E-state index contributed by atoms with van der Waals surface area (Å²) in [5, 5.41) is 11.2. The SMILES string of the molecule is N#Cc1ccc(C(=O)OCC(=O)N[C@H]2CCS(=O)(=O)C2)cc1. The largest absolute Gasteiger partial charge is 0.452 e. The Kier molecular flexibility index (Phi) is 4.78. The summed E-state index contributed by atoms with van der Waals surface area (Å²) in [6, 6.07) is 7.31. The van der Waals surface area contributed by atoms with E-state index in [1.165, 1.54) is 24.3 Å². The molecule has 22 heavy (non-hydrogen) atoms. The van der Waals surface area contributed by atoms with Gasteiger partial charge in [-0.3, -0.25) is 4.79 Å². The molecule has 0 unspecified atom stereocenters. The average Bonchev–Trinajstić information content (AvgIpc) is 2.83. The number of nitriles is 1. The Morgan fingerprint density at radius 1 is 1.32 bits per heavy atom. The van der Waals surface area contributed by atoms with Crippen LogP contribution in [0.3, 0.4) is 0 Å². The van der Waals surface area contributed by atoms with Crippen molar-refractivity contribution in [2.75, 3.05) is 18.1 Å². The van der Waals surface area contributed by atoms with Crippen LogP contribution in [0.2, 0.25) is 0 Å². The Balaban J connectivity index is 1.80. The molecule has 2 rings (SSSR count). The molecule has 7 nitrogen and oxygen atoms in total. The summed E-state index contributed by atoms with van der Waals surface area (Å²) in [5.74, 6) is -1.24. The normalized spacial score (nSPS) is 19.1. The van der Waals surface area contributed by atoms with Crippen molar-refractivity contribution in [3.8, 4) is 6.07 Å². The quantitative estimate of drug-likeness (QED) is 0.782. The zero-order valence-electron chi connectivity index (χ0n) is 11.6. The first kappa shape index (κ1) is 16.0. The molecule has 0 aromatic heterocycles. The Hall–Kier alpha value is -2.40. The van der Waals surface area contributed by atoms with Gasteiger partial charge in [0.15, 0.2) is 16.4 Å². The predicted molar refractivity (Wildman–Crippen MR) is 76.6 cm³/mol. The number of nitrogens with one attached hydrogen (secondary N) is 1. The van der Waals surface area contributed by atoms with Gasteiger partial charge in [-0.15, -0.1) is 0 Å². The smallest absolute Gasteiger partial charge is 0.338 e. The summed E-state index contributed by atoms with van der Waals surface area (Å²) < 4.78 is 27.4. The molecule has 0 bridgehead atoms. The van der Waals surface area contributed by atoms with E-state index < -0.39 is 34.4 Å². The fourth-order valence-electron chi connectivity index (χ4n) is 2.07. The van der Waals surface area contributed by atoms with E-state index in [4.69, 9.17) is 10.00 Å². The molecule has 0 radical (unpaired) electrons. The summed E-state index contributed by atoms with van der Waals surface area (Å²) in [5.41, 5.74) is 0.645. The second-order valence-electron chi connectivity index (χ2n) is 4.93. The molecule has 1 aliphatic heterocycles. The summed E-state index contributed by atoms with van der Waals surface area (Å²) in [6.45, 7) is -0.477. The summed E-state index contributed by atoms with van der Waals surface area (Å²) in [6.07, 6.45) is 0.373. The number of amides is 1. The Morgan fingerprint density at radius 2 is 2.00 bits per heavy atom. The van der Waals surface area contributed by atoms with Gasteiger partial charge in [-0.1, -0.05) is 0 Å². The zero-order valence-corrected chi connectivity index (χ0v) is 12.4. The van der Waals surface area contributed by atoms with E-state index in [1.54, 1.807) is 0 Å². The van der Waals surface area contributed by atoms with Crippen molar-refractivity contribution >= 4 is 21.7 Å². The number of nitrogens with zero attached hydrogens (tertiary/aromatic N) is 1. The van der Waals surface area contributed by atoms with E-state index in [2.05, 4.69) is 5.32 Å². The average molecular weight is 322 g/mol. The summed E-state index contributed by atoms with van der Waals surface area (Å²) >= 11 is 0. The number of carbonyl (C=O) groups excluding carboxylic acids is 2. The monoisotopic (exact) mass is 322 g/mol. The lowest BCUT2D eigenvalue weighted by Gasteiger charge is -2.11. The first-order chi connectivity index (χ1) is 10.4. The topological polar surface area (TPSA) is 113 Å². The number of hydrogen-bond donors (Lipinski definition) is 1. The maximum absolute atomic E-state index is 11.7. The fourth-order valence-corrected chi connectivity index (χ4v) is 3.75. The number of esters is 1. The molecule has 0 saturated carbocycles. The molecule has 1 aliphatic rings. The van der Waals surface area contributed by atoms with Crippen LogP contribution in [0.1, 0.15) is 22.3 Å². The van der Waals surface area contributed by atoms with Gasteiger partial charge in [-0.2, -0.15) is 5.26 Å². The Labute approximate surface area is 127 Å². The molecule has 0 spiro atoms. The van der Waals surface area contributed by atoms with Gasteiger partial charge in [-0.05, 0) is 30.7 Å². The third kappa shape index (κ3) is 4.30. The Bertz CT molecular complexity index is 719. The first-order valence-electron chi connectivity index (χ1n) is 6.57. The molecule has 1 aromatic carbocycles. The highest BCUT2D eigenvalue weighted by Gasteiger charge is 2.29.